The van der Waals surface area contributed by atoms with Crippen molar-refractivity contribution in [3.05, 3.63) is 29.8 Å². The van der Waals surface area contributed by atoms with Gasteiger partial charge in [-0.1, -0.05) is 5.09 Å². The maximum absolute atomic E-state index is 10.9. The van der Waals surface area contributed by atoms with Crippen molar-refractivity contribution in [1.82, 2.24) is 19.5 Å². The lowest BCUT2D eigenvalue weighted by atomic mass is 10.4. The number of imidazole rings is 1. The third-order valence-electron chi connectivity index (χ3n) is 2.03. The Kier molecular flexibility index (Phi) is 3.10. The number of nitrogens with one attached hydrogen (secondary N) is 1. The van der Waals surface area contributed by atoms with Crippen LogP contribution in [0.15, 0.2) is 18.5 Å². The number of aromatic nitrogens is 3. The molecule has 4 N–H and O–H groups in total. The molecule has 9 heteroatoms. The topological polar surface area (TPSA) is 123 Å². The second-order valence-corrected chi connectivity index (χ2v) is 4.09. The Morgan fingerprint density at radius 2 is 2.35 bits per heavy atom. The molecule has 2 rings (SSSR count). The normalized spacial score (nSPS) is 11.7. The molecular weight excluding hydrogens is 245 g/mol. The average molecular weight is 254 g/mol. The van der Waals surface area contributed by atoms with Gasteiger partial charge in [0.15, 0.2) is 0 Å². The van der Waals surface area contributed by atoms with E-state index in [-0.39, 0.29) is 12.2 Å². The minimum absolute atomic E-state index is 0.121. The number of nitrogens with zero attached hydrogens (tertiary/aromatic N) is 3. The summed E-state index contributed by atoms with van der Waals surface area (Å²) in [7, 11) is -2.41. The van der Waals surface area contributed by atoms with Gasteiger partial charge < -0.3 is 5.73 Å². The number of rotatable bonds is 4. The van der Waals surface area contributed by atoms with Gasteiger partial charge in [0.2, 0.25) is 5.78 Å². The minimum Gasteiger partial charge on any atom is -0.364 e. The van der Waals surface area contributed by atoms with Crippen molar-refractivity contribution >= 4 is 19.9 Å². The molecule has 0 radical (unpaired) electrons. The molecule has 8 nitrogen and oxygen atoms in total. The van der Waals surface area contributed by atoms with Gasteiger partial charge in [-0.3, -0.25) is 9.20 Å². The zero-order valence-electron chi connectivity index (χ0n) is 8.57. The summed E-state index contributed by atoms with van der Waals surface area (Å²) in [6, 6.07) is 1.64. The van der Waals surface area contributed by atoms with Crippen LogP contribution in [0.25, 0.3) is 5.78 Å². The van der Waals surface area contributed by atoms with E-state index in [4.69, 9.17) is 10.6 Å². The predicted molar refractivity (Wildman–Crippen MR) is 58.2 cm³/mol. The molecule has 0 saturated heterocycles. The summed E-state index contributed by atoms with van der Waals surface area (Å²) in [5, 5.41) is 2.33. The first-order valence-electron chi connectivity index (χ1n) is 4.60. The van der Waals surface area contributed by atoms with E-state index < -0.39 is 14.1 Å². The van der Waals surface area contributed by atoms with E-state index in [9.17, 15) is 9.36 Å². The van der Waals surface area contributed by atoms with Gasteiger partial charge in [0.25, 0.3) is 5.91 Å². The third-order valence-corrected chi connectivity index (χ3v) is 2.46. The lowest BCUT2D eigenvalue weighted by Gasteiger charge is -1.96. The fourth-order valence-electron chi connectivity index (χ4n) is 1.27. The molecule has 17 heavy (non-hydrogen) atoms. The number of hydrogen-bond donors (Lipinski definition) is 3. The van der Waals surface area contributed by atoms with Crippen molar-refractivity contribution in [2.75, 3.05) is 0 Å². The molecule has 0 aliphatic carbocycles. The van der Waals surface area contributed by atoms with E-state index in [2.05, 4.69) is 15.1 Å². The van der Waals surface area contributed by atoms with Gasteiger partial charge in [-0.05, 0) is 10.6 Å². The Bertz CT molecular complexity index is 596. The van der Waals surface area contributed by atoms with Gasteiger partial charge in [0.1, 0.15) is 5.69 Å². The highest BCUT2D eigenvalue weighted by atomic mass is 31.1. The molecule has 2 heterocycles. The molecule has 0 aliphatic heterocycles. The van der Waals surface area contributed by atoms with Crippen molar-refractivity contribution in [2.45, 2.75) is 6.54 Å². The Labute approximate surface area is 96.4 Å². The second kappa shape index (κ2) is 4.54. The maximum Gasteiger partial charge on any atom is 0.610 e. The van der Waals surface area contributed by atoms with Gasteiger partial charge in [-0.25, -0.2) is 9.97 Å². The van der Waals surface area contributed by atoms with E-state index in [1.54, 1.807) is 16.7 Å². The van der Waals surface area contributed by atoms with E-state index in [1.807, 2.05) is 0 Å². The average Bonchev–Trinajstić information content (AvgIpc) is 2.69. The molecule has 0 fully saturated rings. The molecule has 2 aromatic rings. The smallest absolute Gasteiger partial charge is 0.364 e. The number of amides is 1. The summed E-state index contributed by atoms with van der Waals surface area (Å²) >= 11 is 0. The molecule has 0 bridgehead atoms. The lowest BCUT2D eigenvalue weighted by molar-refractivity contribution is 0.0996. The molecule has 0 aromatic carbocycles. The van der Waals surface area contributed by atoms with Crippen LogP contribution in [0.3, 0.4) is 0 Å². The van der Waals surface area contributed by atoms with Gasteiger partial charge in [-0.15, -0.1) is 4.89 Å². The number of fused-ring (bicyclic) bond motifs is 1. The number of carbonyl (C=O) groups excluding carboxylic acids is 1. The second-order valence-electron chi connectivity index (χ2n) is 3.22. The quantitative estimate of drug-likeness (QED) is 0.636. The Morgan fingerprint density at radius 1 is 1.59 bits per heavy atom. The Balaban J connectivity index is 2.30. The highest BCUT2D eigenvalue weighted by Crippen LogP contribution is 2.08. The fourth-order valence-corrected chi connectivity index (χ4v) is 1.57. The Hall–Kier alpha value is -1.89. The van der Waals surface area contributed by atoms with Gasteiger partial charge in [-0.2, -0.15) is 0 Å². The fraction of sp³-hybridized carbons (Fsp3) is 0.125. The molecule has 0 aliphatic rings. The van der Waals surface area contributed by atoms with Crippen LogP contribution in [0.4, 0.5) is 0 Å². The van der Waals surface area contributed by atoms with Crippen LogP contribution in [0, 0.1) is 0 Å². The van der Waals surface area contributed by atoms with Crippen molar-refractivity contribution in [3.63, 3.8) is 0 Å². The van der Waals surface area contributed by atoms with Crippen LogP contribution in [0.1, 0.15) is 16.2 Å². The summed E-state index contributed by atoms with van der Waals surface area (Å²) in [6.45, 7) is 0.140. The zero-order chi connectivity index (χ0) is 12.4. The molecule has 2 aromatic heterocycles. The minimum atomic E-state index is -2.41. The van der Waals surface area contributed by atoms with Crippen LogP contribution in [0.5, 0.6) is 0 Å². The van der Waals surface area contributed by atoms with Crippen LogP contribution < -0.4 is 10.8 Å². The standard InChI is InChI=1S/C8H8N5O3P/c9-7(14)6-4-13-2-1-5(3-10-17(15)16)11-8(13)12-6/h1-2,4H,3H2,(H3-,9,10,14,15,16)/p+1. The molecule has 88 valence electrons. The van der Waals surface area contributed by atoms with Crippen LogP contribution in [-0.2, 0) is 11.1 Å². The van der Waals surface area contributed by atoms with Crippen LogP contribution >= 0.6 is 8.18 Å². The van der Waals surface area contributed by atoms with Crippen molar-refractivity contribution in [2.24, 2.45) is 5.73 Å². The largest absolute Gasteiger partial charge is 0.610 e. The van der Waals surface area contributed by atoms with Crippen molar-refractivity contribution < 1.29 is 14.3 Å². The maximum atomic E-state index is 10.9. The van der Waals surface area contributed by atoms with Crippen LogP contribution in [-0.4, -0.2) is 25.2 Å². The van der Waals surface area contributed by atoms with Crippen LogP contribution in [0.2, 0.25) is 0 Å². The molecule has 1 atom stereocenters. The van der Waals surface area contributed by atoms with Gasteiger partial charge in [0, 0.05) is 12.4 Å². The highest BCUT2D eigenvalue weighted by Gasteiger charge is 2.11. The van der Waals surface area contributed by atoms with E-state index >= 15 is 0 Å². The van der Waals surface area contributed by atoms with E-state index in [1.165, 1.54) is 6.20 Å². The molecule has 0 saturated carbocycles. The summed E-state index contributed by atoms with van der Waals surface area (Å²) < 4.78 is 12.0. The molecule has 1 unspecified atom stereocenters. The molecular formula is C8H9N5O3P+. The highest BCUT2D eigenvalue weighted by molar-refractivity contribution is 7.35. The van der Waals surface area contributed by atoms with Crippen molar-refractivity contribution in [3.8, 4) is 0 Å². The summed E-state index contributed by atoms with van der Waals surface area (Å²) in [4.78, 5) is 27.5. The van der Waals surface area contributed by atoms with Crippen molar-refractivity contribution in [1.29, 1.82) is 0 Å². The van der Waals surface area contributed by atoms with E-state index in [0.29, 0.717) is 11.5 Å². The monoisotopic (exact) mass is 254 g/mol. The summed E-state index contributed by atoms with van der Waals surface area (Å²) in [5.41, 5.74) is 5.75. The van der Waals surface area contributed by atoms with Gasteiger partial charge >= 0.3 is 8.18 Å². The molecule has 1 amide bonds. The Morgan fingerprint density at radius 3 is 3.00 bits per heavy atom. The first-order valence-corrected chi connectivity index (χ1v) is 5.81. The third kappa shape index (κ3) is 2.62. The number of nitrogens with two attached hydrogens (primary N) is 1. The first kappa shape index (κ1) is 11.6. The molecule has 0 spiro atoms. The summed E-state index contributed by atoms with van der Waals surface area (Å²) in [6.07, 6.45) is 3.11. The SMILES string of the molecule is NC(=O)c1cn2ccc(CN[P+](=O)O)nc2n1. The number of carbonyl (C=O) groups is 1. The zero-order valence-corrected chi connectivity index (χ0v) is 9.46. The van der Waals surface area contributed by atoms with Gasteiger partial charge in [0.05, 0.1) is 12.2 Å². The lowest BCUT2D eigenvalue weighted by Crippen LogP contribution is -2.10. The first-order chi connectivity index (χ1) is 8.06. The number of primary amides is 1. The number of hydrogen-bond acceptors (Lipinski definition) is 4. The summed E-state index contributed by atoms with van der Waals surface area (Å²) in [5.74, 6) is -0.320. The van der Waals surface area contributed by atoms with E-state index in [0.717, 1.165) is 0 Å². The predicted octanol–water partition coefficient (Wildman–Crippen LogP) is -0.433.